The summed E-state index contributed by atoms with van der Waals surface area (Å²) in [7, 11) is 1.68. The van der Waals surface area contributed by atoms with Crippen LogP contribution in [0, 0.1) is 5.92 Å². The molecule has 18 heavy (non-hydrogen) atoms. The van der Waals surface area contributed by atoms with Gasteiger partial charge < -0.3 is 15.4 Å². The van der Waals surface area contributed by atoms with Gasteiger partial charge in [-0.2, -0.15) is 0 Å². The summed E-state index contributed by atoms with van der Waals surface area (Å²) in [5, 5.41) is 5.94. The van der Waals surface area contributed by atoms with Crippen LogP contribution in [0.15, 0.2) is 28.7 Å². The number of amides is 1. The zero-order valence-corrected chi connectivity index (χ0v) is 12.3. The summed E-state index contributed by atoms with van der Waals surface area (Å²) in [5.74, 6) is 0.345. The molecule has 100 valence electrons. The SMILES string of the molecule is COCC(C)CNCC(=O)Nc1ccccc1Br. The molecule has 0 aliphatic carbocycles. The minimum atomic E-state index is -0.0495. The normalized spacial score (nSPS) is 12.2. The van der Waals surface area contributed by atoms with Crippen LogP contribution in [0.4, 0.5) is 5.69 Å². The number of halogens is 1. The molecule has 0 aromatic heterocycles. The molecule has 1 rings (SSSR count). The number of methoxy groups -OCH3 is 1. The molecule has 1 aromatic rings. The lowest BCUT2D eigenvalue weighted by molar-refractivity contribution is -0.115. The van der Waals surface area contributed by atoms with Gasteiger partial charge in [0.25, 0.3) is 0 Å². The number of hydrogen-bond acceptors (Lipinski definition) is 3. The largest absolute Gasteiger partial charge is 0.384 e. The summed E-state index contributed by atoms with van der Waals surface area (Å²) in [6.45, 7) is 3.83. The maximum atomic E-state index is 11.7. The Hall–Kier alpha value is -0.910. The third kappa shape index (κ3) is 5.62. The molecule has 0 spiro atoms. The second-order valence-corrected chi connectivity index (χ2v) is 5.07. The maximum Gasteiger partial charge on any atom is 0.238 e. The van der Waals surface area contributed by atoms with Crippen molar-refractivity contribution in [1.29, 1.82) is 0 Å². The molecule has 0 saturated carbocycles. The molecule has 1 aromatic carbocycles. The summed E-state index contributed by atoms with van der Waals surface area (Å²) in [4.78, 5) is 11.7. The Labute approximate surface area is 116 Å². The minimum absolute atomic E-state index is 0.0495. The van der Waals surface area contributed by atoms with Crippen LogP contribution in [-0.4, -0.2) is 32.7 Å². The summed E-state index contributed by atoms with van der Waals surface area (Å²) < 4.78 is 5.91. The summed E-state index contributed by atoms with van der Waals surface area (Å²) in [5.41, 5.74) is 0.786. The number of para-hydroxylation sites is 1. The second kappa shape index (κ2) is 8.24. The van der Waals surface area contributed by atoms with Gasteiger partial charge in [-0.15, -0.1) is 0 Å². The Morgan fingerprint density at radius 3 is 2.83 bits per heavy atom. The van der Waals surface area contributed by atoms with Gasteiger partial charge in [0.1, 0.15) is 0 Å². The Kier molecular flexibility index (Phi) is 6.93. The lowest BCUT2D eigenvalue weighted by Crippen LogP contribution is -2.32. The molecule has 0 aliphatic rings. The molecule has 1 unspecified atom stereocenters. The van der Waals surface area contributed by atoms with Crippen molar-refractivity contribution in [2.75, 3.05) is 32.1 Å². The predicted octanol–water partition coefficient (Wildman–Crippen LogP) is 2.26. The Bertz CT molecular complexity index is 385. The topological polar surface area (TPSA) is 50.4 Å². The molecule has 5 heteroatoms. The van der Waals surface area contributed by atoms with Crippen LogP contribution in [0.3, 0.4) is 0 Å². The van der Waals surface area contributed by atoms with E-state index in [4.69, 9.17) is 4.74 Å². The zero-order chi connectivity index (χ0) is 13.4. The molecule has 0 aliphatic heterocycles. The van der Waals surface area contributed by atoms with Crippen LogP contribution in [-0.2, 0) is 9.53 Å². The van der Waals surface area contributed by atoms with Gasteiger partial charge in [-0.3, -0.25) is 4.79 Å². The van der Waals surface area contributed by atoms with Crippen molar-refractivity contribution < 1.29 is 9.53 Å². The first-order valence-corrected chi connectivity index (χ1v) is 6.66. The van der Waals surface area contributed by atoms with Gasteiger partial charge in [0, 0.05) is 24.7 Å². The van der Waals surface area contributed by atoms with Crippen LogP contribution in [0.1, 0.15) is 6.92 Å². The molecule has 0 bridgehead atoms. The highest BCUT2D eigenvalue weighted by Crippen LogP contribution is 2.20. The second-order valence-electron chi connectivity index (χ2n) is 4.22. The van der Waals surface area contributed by atoms with Crippen molar-refractivity contribution in [3.63, 3.8) is 0 Å². The van der Waals surface area contributed by atoms with E-state index in [1.54, 1.807) is 7.11 Å². The number of ether oxygens (including phenoxy) is 1. The van der Waals surface area contributed by atoms with Crippen LogP contribution in [0.25, 0.3) is 0 Å². The number of hydrogen-bond donors (Lipinski definition) is 2. The van der Waals surface area contributed by atoms with Crippen LogP contribution < -0.4 is 10.6 Å². The van der Waals surface area contributed by atoms with E-state index in [-0.39, 0.29) is 5.91 Å². The van der Waals surface area contributed by atoms with E-state index in [0.29, 0.717) is 19.1 Å². The number of benzene rings is 1. The first kappa shape index (κ1) is 15.1. The van der Waals surface area contributed by atoms with Crippen molar-refractivity contribution in [3.8, 4) is 0 Å². The smallest absolute Gasteiger partial charge is 0.238 e. The summed E-state index contributed by atoms with van der Waals surface area (Å²) >= 11 is 3.39. The van der Waals surface area contributed by atoms with E-state index in [1.165, 1.54) is 0 Å². The van der Waals surface area contributed by atoms with E-state index in [2.05, 4.69) is 33.5 Å². The first-order chi connectivity index (χ1) is 8.63. The van der Waals surface area contributed by atoms with Crippen molar-refractivity contribution in [2.45, 2.75) is 6.92 Å². The lowest BCUT2D eigenvalue weighted by Gasteiger charge is -2.12. The zero-order valence-electron chi connectivity index (χ0n) is 10.7. The van der Waals surface area contributed by atoms with Gasteiger partial charge in [0.15, 0.2) is 0 Å². The van der Waals surface area contributed by atoms with Gasteiger partial charge in [0.2, 0.25) is 5.91 Å². The molecule has 0 radical (unpaired) electrons. The molecular formula is C13H19BrN2O2. The fourth-order valence-corrected chi connectivity index (χ4v) is 1.92. The van der Waals surface area contributed by atoms with E-state index in [1.807, 2.05) is 24.3 Å². The van der Waals surface area contributed by atoms with Crippen molar-refractivity contribution >= 4 is 27.5 Å². The minimum Gasteiger partial charge on any atom is -0.384 e. The first-order valence-electron chi connectivity index (χ1n) is 5.87. The number of anilines is 1. The van der Waals surface area contributed by atoms with Crippen molar-refractivity contribution in [2.24, 2.45) is 5.92 Å². The van der Waals surface area contributed by atoms with Crippen LogP contribution in [0.2, 0.25) is 0 Å². The van der Waals surface area contributed by atoms with Gasteiger partial charge in [-0.05, 0) is 34.0 Å². The fourth-order valence-electron chi connectivity index (χ4n) is 1.53. The molecule has 1 amide bonds. The Balaban J connectivity index is 2.28. The Morgan fingerprint density at radius 1 is 1.44 bits per heavy atom. The van der Waals surface area contributed by atoms with E-state index >= 15 is 0 Å². The molecule has 0 heterocycles. The predicted molar refractivity (Wildman–Crippen MR) is 76.7 cm³/mol. The molecule has 4 nitrogen and oxygen atoms in total. The Morgan fingerprint density at radius 2 is 2.17 bits per heavy atom. The molecule has 1 atom stereocenters. The van der Waals surface area contributed by atoms with Gasteiger partial charge in [-0.1, -0.05) is 19.1 Å². The highest BCUT2D eigenvalue weighted by molar-refractivity contribution is 9.10. The van der Waals surface area contributed by atoms with Crippen LogP contribution in [0.5, 0.6) is 0 Å². The van der Waals surface area contributed by atoms with E-state index in [9.17, 15) is 4.79 Å². The number of rotatable bonds is 7. The molecule has 0 fully saturated rings. The van der Waals surface area contributed by atoms with Gasteiger partial charge in [0.05, 0.1) is 12.2 Å². The molecule has 0 saturated heterocycles. The van der Waals surface area contributed by atoms with Gasteiger partial charge in [-0.25, -0.2) is 0 Å². The number of carbonyl (C=O) groups excluding carboxylic acids is 1. The molecule has 2 N–H and O–H groups in total. The van der Waals surface area contributed by atoms with Gasteiger partial charge >= 0.3 is 0 Å². The fraction of sp³-hybridized carbons (Fsp3) is 0.462. The number of nitrogens with one attached hydrogen (secondary N) is 2. The lowest BCUT2D eigenvalue weighted by atomic mass is 10.2. The molecular weight excluding hydrogens is 296 g/mol. The third-order valence-electron chi connectivity index (χ3n) is 2.38. The highest BCUT2D eigenvalue weighted by Gasteiger charge is 2.06. The number of carbonyl (C=O) groups is 1. The monoisotopic (exact) mass is 314 g/mol. The van der Waals surface area contributed by atoms with Crippen molar-refractivity contribution in [1.82, 2.24) is 5.32 Å². The van der Waals surface area contributed by atoms with E-state index < -0.39 is 0 Å². The van der Waals surface area contributed by atoms with E-state index in [0.717, 1.165) is 16.7 Å². The average Bonchev–Trinajstić information content (AvgIpc) is 2.32. The third-order valence-corrected chi connectivity index (χ3v) is 3.07. The summed E-state index contributed by atoms with van der Waals surface area (Å²) in [6.07, 6.45) is 0. The standard InChI is InChI=1S/C13H19BrN2O2/c1-10(9-18-2)7-15-8-13(17)16-12-6-4-3-5-11(12)14/h3-6,10,15H,7-9H2,1-2H3,(H,16,17). The average molecular weight is 315 g/mol. The highest BCUT2D eigenvalue weighted by atomic mass is 79.9. The summed E-state index contributed by atoms with van der Waals surface area (Å²) in [6, 6.07) is 7.54. The van der Waals surface area contributed by atoms with Crippen LogP contribution >= 0.6 is 15.9 Å². The quantitative estimate of drug-likeness (QED) is 0.811. The van der Waals surface area contributed by atoms with Crippen molar-refractivity contribution in [3.05, 3.63) is 28.7 Å². The maximum absolute atomic E-state index is 11.7.